The molecule has 0 saturated carbocycles. The van der Waals surface area contributed by atoms with E-state index < -0.39 is 11.6 Å². The second kappa shape index (κ2) is 3.05. The van der Waals surface area contributed by atoms with E-state index in [4.69, 9.17) is 0 Å². The second-order valence-corrected chi connectivity index (χ2v) is 1.77. The summed E-state index contributed by atoms with van der Waals surface area (Å²) in [5.74, 6) is -1.88. The zero-order chi connectivity index (χ0) is 8.27. The fourth-order valence-corrected chi connectivity index (χ4v) is 0.624. The van der Waals surface area contributed by atoms with Crippen LogP contribution < -0.4 is 4.84 Å². The van der Waals surface area contributed by atoms with Gasteiger partial charge in [-0.05, 0) is 0 Å². The zero-order valence-electron chi connectivity index (χ0n) is 5.25. The van der Waals surface area contributed by atoms with Gasteiger partial charge in [0.1, 0.15) is 11.6 Å². The first-order chi connectivity index (χ1) is 5.22. The average molecular weight is 159 g/mol. The van der Waals surface area contributed by atoms with E-state index in [0.717, 1.165) is 12.1 Å². The van der Waals surface area contributed by atoms with Gasteiger partial charge in [-0.15, -0.1) is 4.91 Å². The Morgan fingerprint density at radius 3 is 2.18 bits per heavy atom. The molecule has 0 amide bonds. The summed E-state index contributed by atoms with van der Waals surface area (Å²) in [5.41, 5.74) is 0. The van der Waals surface area contributed by atoms with E-state index in [2.05, 4.69) is 4.84 Å². The Bertz CT molecular complexity index is 257. The van der Waals surface area contributed by atoms with Crippen molar-refractivity contribution in [3.8, 4) is 5.75 Å². The smallest absolute Gasteiger partial charge is 0.167 e. The summed E-state index contributed by atoms with van der Waals surface area (Å²) in [4.78, 5) is 13.4. The van der Waals surface area contributed by atoms with Crippen molar-refractivity contribution < 1.29 is 13.6 Å². The maximum absolute atomic E-state index is 12.3. The summed E-state index contributed by atoms with van der Waals surface area (Å²) < 4.78 is 24.6. The second-order valence-electron chi connectivity index (χ2n) is 1.77. The van der Waals surface area contributed by atoms with Crippen LogP contribution >= 0.6 is 0 Å². The third-order valence-electron chi connectivity index (χ3n) is 0.979. The van der Waals surface area contributed by atoms with Gasteiger partial charge in [0.25, 0.3) is 0 Å². The molecule has 0 bridgehead atoms. The Labute approximate surface area is 60.5 Å². The van der Waals surface area contributed by atoms with E-state index >= 15 is 0 Å². The van der Waals surface area contributed by atoms with Crippen LogP contribution in [0.2, 0.25) is 0 Å². The molecule has 1 rings (SSSR count). The molecule has 0 aromatic heterocycles. The number of hydrogen-bond donors (Lipinski definition) is 0. The third kappa shape index (κ3) is 1.96. The van der Waals surface area contributed by atoms with E-state index in [0.29, 0.717) is 6.07 Å². The lowest BCUT2D eigenvalue weighted by molar-refractivity contribution is 0.330. The highest BCUT2D eigenvalue weighted by Crippen LogP contribution is 2.14. The van der Waals surface area contributed by atoms with Gasteiger partial charge in [0.15, 0.2) is 11.1 Å². The first-order valence-corrected chi connectivity index (χ1v) is 2.68. The van der Waals surface area contributed by atoms with Gasteiger partial charge in [-0.1, -0.05) is 0 Å². The summed E-state index contributed by atoms with van der Waals surface area (Å²) in [6.07, 6.45) is 0. The Morgan fingerprint density at radius 2 is 1.73 bits per heavy atom. The van der Waals surface area contributed by atoms with Crippen LogP contribution in [-0.4, -0.2) is 0 Å². The lowest BCUT2D eigenvalue weighted by Gasteiger charge is -1.94. The quantitative estimate of drug-likeness (QED) is 0.489. The molecule has 0 aliphatic heterocycles. The van der Waals surface area contributed by atoms with E-state index in [1.807, 2.05) is 5.34 Å². The Morgan fingerprint density at radius 1 is 1.18 bits per heavy atom. The van der Waals surface area contributed by atoms with Crippen molar-refractivity contribution in [3.05, 3.63) is 34.7 Å². The molecule has 0 fully saturated rings. The molecule has 5 heteroatoms. The molecule has 0 aliphatic carbocycles. The molecular formula is C6H3F2NO2. The maximum Gasteiger partial charge on any atom is 0.167 e. The summed E-state index contributed by atoms with van der Waals surface area (Å²) in [6.45, 7) is 0. The third-order valence-corrected chi connectivity index (χ3v) is 0.979. The predicted octanol–water partition coefficient (Wildman–Crippen LogP) is 2.02. The van der Waals surface area contributed by atoms with Crippen LogP contribution in [0.4, 0.5) is 8.78 Å². The molecular weight excluding hydrogens is 156 g/mol. The molecule has 0 N–H and O–H groups in total. The minimum Gasteiger partial charge on any atom is -0.324 e. The van der Waals surface area contributed by atoms with Crippen LogP contribution in [0.15, 0.2) is 23.5 Å². The minimum atomic E-state index is -0.816. The van der Waals surface area contributed by atoms with Gasteiger partial charge >= 0.3 is 0 Å². The van der Waals surface area contributed by atoms with Crippen LogP contribution in [0, 0.1) is 16.5 Å². The predicted molar refractivity (Wildman–Crippen MR) is 32.8 cm³/mol. The van der Waals surface area contributed by atoms with Gasteiger partial charge in [-0.3, -0.25) is 0 Å². The maximum atomic E-state index is 12.3. The van der Waals surface area contributed by atoms with Gasteiger partial charge in [0, 0.05) is 18.2 Å². The molecule has 1 aromatic rings. The molecule has 0 spiro atoms. The lowest BCUT2D eigenvalue weighted by Crippen LogP contribution is -1.84. The molecule has 0 saturated heterocycles. The largest absolute Gasteiger partial charge is 0.324 e. The highest BCUT2D eigenvalue weighted by molar-refractivity contribution is 5.23. The standard InChI is InChI=1S/C6H3F2NO2/c7-4-1-5(8)3-6(2-4)11-9-10/h1-3H. The molecule has 11 heavy (non-hydrogen) atoms. The van der Waals surface area contributed by atoms with Gasteiger partial charge in [-0.25, -0.2) is 8.78 Å². The fourth-order valence-electron chi connectivity index (χ4n) is 0.624. The average Bonchev–Trinajstić information content (AvgIpc) is 1.85. The number of benzene rings is 1. The first-order valence-electron chi connectivity index (χ1n) is 2.68. The van der Waals surface area contributed by atoms with E-state index in [1.165, 1.54) is 0 Å². The summed E-state index contributed by atoms with van der Waals surface area (Å²) in [6, 6.07) is 2.37. The highest BCUT2D eigenvalue weighted by atomic mass is 19.1. The van der Waals surface area contributed by atoms with Crippen LogP contribution in [0.5, 0.6) is 5.75 Å². The van der Waals surface area contributed by atoms with Crippen molar-refractivity contribution in [2.24, 2.45) is 5.34 Å². The topological polar surface area (TPSA) is 38.7 Å². The number of hydrogen-bond acceptors (Lipinski definition) is 3. The van der Waals surface area contributed by atoms with Crippen LogP contribution in [0.25, 0.3) is 0 Å². The summed E-state index contributed by atoms with van der Waals surface area (Å²) in [5, 5.41) is 2.00. The van der Waals surface area contributed by atoms with Crippen molar-refractivity contribution in [2.45, 2.75) is 0 Å². The van der Waals surface area contributed by atoms with E-state index in [1.54, 1.807) is 0 Å². The molecule has 1 aromatic carbocycles. The number of nitrogens with zero attached hydrogens (tertiary/aromatic N) is 1. The SMILES string of the molecule is O=NOc1cc(F)cc(F)c1. The monoisotopic (exact) mass is 159 g/mol. The Balaban J connectivity index is 2.98. The van der Waals surface area contributed by atoms with Crippen LogP contribution in [0.3, 0.4) is 0 Å². The molecule has 0 unspecified atom stereocenters. The Hall–Kier alpha value is -1.52. The van der Waals surface area contributed by atoms with E-state index in [9.17, 15) is 13.7 Å². The van der Waals surface area contributed by atoms with Crippen LogP contribution in [-0.2, 0) is 0 Å². The normalized spacial score (nSPS) is 9.27. The number of halogens is 2. The fraction of sp³-hybridized carbons (Fsp3) is 0. The van der Waals surface area contributed by atoms with Gasteiger partial charge < -0.3 is 4.84 Å². The van der Waals surface area contributed by atoms with Crippen molar-refractivity contribution in [3.63, 3.8) is 0 Å². The van der Waals surface area contributed by atoms with Crippen molar-refractivity contribution in [1.82, 2.24) is 0 Å². The summed E-state index contributed by atoms with van der Waals surface area (Å²) >= 11 is 0. The molecule has 0 aliphatic rings. The molecule has 58 valence electrons. The van der Waals surface area contributed by atoms with Crippen molar-refractivity contribution in [1.29, 1.82) is 0 Å². The molecule has 0 atom stereocenters. The number of rotatable bonds is 2. The van der Waals surface area contributed by atoms with E-state index in [-0.39, 0.29) is 5.75 Å². The minimum absolute atomic E-state index is 0.252. The van der Waals surface area contributed by atoms with Gasteiger partial charge in [-0.2, -0.15) is 0 Å². The zero-order valence-corrected chi connectivity index (χ0v) is 5.25. The summed E-state index contributed by atoms with van der Waals surface area (Å²) in [7, 11) is 0. The van der Waals surface area contributed by atoms with Crippen molar-refractivity contribution in [2.75, 3.05) is 0 Å². The molecule has 3 nitrogen and oxygen atoms in total. The molecule has 0 radical (unpaired) electrons. The highest BCUT2D eigenvalue weighted by Gasteiger charge is 2.00. The van der Waals surface area contributed by atoms with Gasteiger partial charge in [0.2, 0.25) is 0 Å². The van der Waals surface area contributed by atoms with Crippen molar-refractivity contribution >= 4 is 0 Å². The van der Waals surface area contributed by atoms with Gasteiger partial charge in [0.05, 0.1) is 0 Å². The lowest BCUT2D eigenvalue weighted by atomic mass is 10.3. The van der Waals surface area contributed by atoms with Crippen LogP contribution in [0.1, 0.15) is 0 Å². The first kappa shape index (κ1) is 7.59. The molecule has 0 heterocycles. The Kier molecular flexibility index (Phi) is 2.10.